The lowest BCUT2D eigenvalue weighted by Crippen LogP contribution is -2.53. The van der Waals surface area contributed by atoms with Crippen molar-refractivity contribution < 1.29 is 27.5 Å². The van der Waals surface area contributed by atoms with Gasteiger partial charge in [-0.2, -0.15) is 0 Å². The summed E-state index contributed by atoms with van der Waals surface area (Å²) >= 11 is 0. The minimum absolute atomic E-state index is 0.0507. The number of carbonyl (C=O) groups is 2. The molecule has 0 saturated heterocycles. The van der Waals surface area contributed by atoms with Gasteiger partial charge < -0.3 is 19.7 Å². The molecule has 1 aliphatic carbocycles. The van der Waals surface area contributed by atoms with Crippen molar-refractivity contribution in [2.75, 3.05) is 23.9 Å². The Kier molecular flexibility index (Phi) is 8.26. The Morgan fingerprint density at radius 3 is 2.49 bits per heavy atom. The topological polar surface area (TPSA) is 105 Å². The molecule has 200 valence electrons. The fourth-order valence-electron chi connectivity index (χ4n) is 4.95. The van der Waals surface area contributed by atoms with Gasteiger partial charge in [-0.3, -0.25) is 13.9 Å². The van der Waals surface area contributed by atoms with Gasteiger partial charge in [-0.15, -0.1) is 0 Å². The van der Waals surface area contributed by atoms with E-state index in [1.54, 1.807) is 18.2 Å². The number of amides is 2. The smallest absolute Gasteiger partial charge is 0.244 e. The minimum atomic E-state index is -3.83. The molecule has 1 aliphatic heterocycles. The number of aryl methyl sites for hydroxylation is 1. The van der Waals surface area contributed by atoms with Gasteiger partial charge >= 0.3 is 0 Å². The van der Waals surface area contributed by atoms with Gasteiger partial charge in [0.1, 0.15) is 12.6 Å². The predicted octanol–water partition coefficient (Wildman–Crippen LogP) is 3.36. The van der Waals surface area contributed by atoms with Crippen molar-refractivity contribution in [3.05, 3.63) is 53.6 Å². The van der Waals surface area contributed by atoms with E-state index in [0.29, 0.717) is 23.6 Å². The van der Waals surface area contributed by atoms with Gasteiger partial charge in [0.2, 0.25) is 28.6 Å². The van der Waals surface area contributed by atoms with E-state index in [9.17, 15) is 18.0 Å². The van der Waals surface area contributed by atoms with E-state index < -0.39 is 28.5 Å². The number of rotatable bonds is 10. The number of nitrogens with one attached hydrogen (secondary N) is 1. The molecule has 1 unspecified atom stereocenters. The Balaban J connectivity index is 1.63. The largest absolute Gasteiger partial charge is 0.454 e. The number of carbonyl (C=O) groups excluding carboxylic acids is 2. The summed E-state index contributed by atoms with van der Waals surface area (Å²) in [6, 6.07) is 11.9. The summed E-state index contributed by atoms with van der Waals surface area (Å²) in [6.45, 7) is 3.62. The van der Waals surface area contributed by atoms with Gasteiger partial charge in [0.15, 0.2) is 11.5 Å². The van der Waals surface area contributed by atoms with Crippen molar-refractivity contribution >= 4 is 27.5 Å². The van der Waals surface area contributed by atoms with E-state index in [4.69, 9.17) is 9.47 Å². The van der Waals surface area contributed by atoms with Crippen LogP contribution in [-0.4, -0.2) is 56.8 Å². The van der Waals surface area contributed by atoms with Gasteiger partial charge in [0, 0.05) is 18.7 Å². The standard InChI is InChI=1S/C27H35N3O6S/c1-4-23(27(32)28-21-10-5-6-11-21)29(16-20-9-7-8-19(2)14-20)26(31)17-30(37(3,33)34)22-12-13-24-25(15-22)36-18-35-24/h7-9,12-15,21,23H,4-6,10-11,16-18H2,1-3H3,(H,28,32). The molecule has 9 nitrogen and oxygen atoms in total. The number of hydrogen-bond acceptors (Lipinski definition) is 6. The second-order valence-corrected chi connectivity index (χ2v) is 11.6. The zero-order valence-corrected chi connectivity index (χ0v) is 22.4. The highest BCUT2D eigenvalue weighted by Gasteiger charge is 2.33. The monoisotopic (exact) mass is 529 g/mol. The van der Waals surface area contributed by atoms with Crippen molar-refractivity contribution in [3.8, 4) is 11.5 Å². The normalized spacial score (nSPS) is 15.9. The fourth-order valence-corrected chi connectivity index (χ4v) is 5.79. The van der Waals surface area contributed by atoms with Gasteiger partial charge in [0.25, 0.3) is 0 Å². The molecule has 1 atom stereocenters. The van der Waals surface area contributed by atoms with Crippen molar-refractivity contribution in [2.45, 2.75) is 64.6 Å². The average Bonchev–Trinajstić information content (AvgIpc) is 3.53. The zero-order chi connectivity index (χ0) is 26.6. The molecule has 1 N–H and O–H groups in total. The van der Waals surface area contributed by atoms with Crippen molar-refractivity contribution in [1.82, 2.24) is 10.2 Å². The number of sulfonamides is 1. The molecule has 2 aliphatic rings. The third-order valence-electron chi connectivity index (χ3n) is 6.85. The summed E-state index contributed by atoms with van der Waals surface area (Å²) in [4.78, 5) is 28.7. The zero-order valence-electron chi connectivity index (χ0n) is 21.6. The summed E-state index contributed by atoms with van der Waals surface area (Å²) < 4.78 is 37.4. The third-order valence-corrected chi connectivity index (χ3v) is 7.99. The summed E-state index contributed by atoms with van der Waals surface area (Å²) in [5, 5.41) is 3.11. The first-order valence-electron chi connectivity index (χ1n) is 12.7. The lowest BCUT2D eigenvalue weighted by atomic mass is 10.1. The number of anilines is 1. The molecular weight excluding hydrogens is 494 g/mol. The quantitative estimate of drug-likeness (QED) is 0.506. The maximum Gasteiger partial charge on any atom is 0.244 e. The molecular formula is C27H35N3O6S. The highest BCUT2D eigenvalue weighted by atomic mass is 32.2. The third kappa shape index (κ3) is 6.54. The highest BCUT2D eigenvalue weighted by Crippen LogP contribution is 2.36. The van der Waals surface area contributed by atoms with Gasteiger partial charge in [0.05, 0.1) is 11.9 Å². The van der Waals surface area contributed by atoms with Crippen molar-refractivity contribution in [2.24, 2.45) is 0 Å². The Hall–Kier alpha value is -3.27. The van der Waals surface area contributed by atoms with Crippen molar-refractivity contribution in [3.63, 3.8) is 0 Å². The molecule has 10 heteroatoms. The summed E-state index contributed by atoms with van der Waals surface area (Å²) in [7, 11) is -3.83. The highest BCUT2D eigenvalue weighted by molar-refractivity contribution is 7.92. The molecule has 1 fully saturated rings. The van der Waals surface area contributed by atoms with E-state index in [0.717, 1.165) is 47.4 Å². The first-order chi connectivity index (χ1) is 17.7. The second kappa shape index (κ2) is 11.4. The number of fused-ring (bicyclic) bond motifs is 1. The molecule has 0 radical (unpaired) electrons. The minimum Gasteiger partial charge on any atom is -0.454 e. The Bertz CT molecular complexity index is 1240. The number of ether oxygens (including phenoxy) is 2. The molecule has 37 heavy (non-hydrogen) atoms. The second-order valence-electron chi connectivity index (χ2n) is 9.73. The number of hydrogen-bond donors (Lipinski definition) is 1. The molecule has 0 spiro atoms. The summed E-state index contributed by atoms with van der Waals surface area (Å²) in [5.41, 5.74) is 2.19. The predicted molar refractivity (Wildman–Crippen MR) is 141 cm³/mol. The van der Waals surface area contributed by atoms with Crippen LogP contribution in [0.5, 0.6) is 11.5 Å². The summed E-state index contributed by atoms with van der Waals surface area (Å²) in [5.74, 6) is 0.263. The Labute approximate surface area is 218 Å². The Morgan fingerprint density at radius 2 is 1.81 bits per heavy atom. The SMILES string of the molecule is CCC(C(=O)NC1CCCC1)N(Cc1cccc(C)c1)C(=O)CN(c1ccc2c(c1)OCO2)S(C)(=O)=O. The molecule has 2 aromatic carbocycles. The van der Waals surface area contributed by atoms with E-state index in [1.165, 1.54) is 4.90 Å². The maximum atomic E-state index is 13.8. The number of nitrogens with zero attached hydrogens (tertiary/aromatic N) is 2. The van der Waals surface area contributed by atoms with E-state index in [-0.39, 0.29) is 25.3 Å². The van der Waals surface area contributed by atoms with Crippen LogP contribution in [-0.2, 0) is 26.2 Å². The first kappa shape index (κ1) is 26.8. The van der Waals surface area contributed by atoms with Crippen LogP contribution in [0.3, 0.4) is 0 Å². The van der Waals surface area contributed by atoms with Crippen LogP contribution < -0.4 is 19.1 Å². The lowest BCUT2D eigenvalue weighted by Gasteiger charge is -2.33. The molecule has 4 rings (SSSR count). The number of benzene rings is 2. The van der Waals surface area contributed by atoms with Crippen LogP contribution in [0.4, 0.5) is 5.69 Å². The van der Waals surface area contributed by atoms with Gasteiger partial charge in [-0.05, 0) is 43.9 Å². The fraction of sp³-hybridized carbons (Fsp3) is 0.481. The maximum absolute atomic E-state index is 13.8. The van der Waals surface area contributed by atoms with Crippen LogP contribution in [0.1, 0.15) is 50.2 Å². The van der Waals surface area contributed by atoms with E-state index in [2.05, 4.69) is 5.32 Å². The van der Waals surface area contributed by atoms with Crippen LogP contribution in [0, 0.1) is 6.92 Å². The molecule has 1 saturated carbocycles. The van der Waals surface area contributed by atoms with Gasteiger partial charge in [-0.25, -0.2) is 8.42 Å². The molecule has 1 heterocycles. The van der Waals surface area contributed by atoms with Crippen LogP contribution in [0.25, 0.3) is 0 Å². The molecule has 0 aromatic heterocycles. The van der Waals surface area contributed by atoms with Crippen LogP contribution in [0.15, 0.2) is 42.5 Å². The van der Waals surface area contributed by atoms with E-state index in [1.807, 2.05) is 38.1 Å². The first-order valence-corrected chi connectivity index (χ1v) is 14.5. The van der Waals surface area contributed by atoms with E-state index >= 15 is 0 Å². The lowest BCUT2D eigenvalue weighted by molar-refractivity contribution is -0.140. The Morgan fingerprint density at radius 1 is 1.08 bits per heavy atom. The average molecular weight is 530 g/mol. The van der Waals surface area contributed by atoms with Gasteiger partial charge in [-0.1, -0.05) is 49.6 Å². The van der Waals surface area contributed by atoms with Crippen molar-refractivity contribution in [1.29, 1.82) is 0 Å². The molecule has 2 amide bonds. The summed E-state index contributed by atoms with van der Waals surface area (Å²) in [6.07, 6.45) is 5.47. The van der Waals surface area contributed by atoms with Crippen LogP contribution >= 0.6 is 0 Å². The molecule has 2 aromatic rings. The molecule has 0 bridgehead atoms. The van der Waals surface area contributed by atoms with Crippen LogP contribution in [0.2, 0.25) is 0 Å².